The van der Waals surface area contributed by atoms with Crippen LogP contribution in [-0.2, 0) is 11.2 Å². The van der Waals surface area contributed by atoms with Gasteiger partial charge in [-0.1, -0.05) is 24.3 Å². The zero-order chi connectivity index (χ0) is 21.8. The molecule has 0 aliphatic carbocycles. The average molecular weight is 419 g/mol. The second-order valence-electron chi connectivity index (χ2n) is 8.42. The zero-order valence-corrected chi connectivity index (χ0v) is 18.3. The van der Waals surface area contributed by atoms with Gasteiger partial charge in [-0.2, -0.15) is 5.26 Å². The minimum absolute atomic E-state index is 0.0273. The number of nitrogens with one attached hydrogen (secondary N) is 1. The standard InChI is InChI=1S/C25H30N4O2/c1-18(27-16-25(30)29-12-3-4-22(29)15-26)17-28-13-11-20-5-6-21(14-24(20)28)19-7-9-23(31-2)10-8-19/h5-10,14,18,22,27H,3-4,11-13,16-17H2,1-2H3/t18?,22-/m0/s1. The molecule has 2 aromatic carbocycles. The number of anilines is 1. The first kappa shape index (κ1) is 21.2. The van der Waals surface area contributed by atoms with E-state index >= 15 is 0 Å². The van der Waals surface area contributed by atoms with E-state index < -0.39 is 0 Å². The molecule has 1 saturated heterocycles. The van der Waals surface area contributed by atoms with Crippen molar-refractivity contribution in [1.29, 1.82) is 5.26 Å². The molecule has 0 aromatic heterocycles. The molecule has 1 fully saturated rings. The van der Waals surface area contributed by atoms with Gasteiger partial charge in [-0.3, -0.25) is 4.79 Å². The second kappa shape index (κ2) is 9.40. The maximum Gasteiger partial charge on any atom is 0.237 e. The number of hydrogen-bond acceptors (Lipinski definition) is 5. The molecule has 0 saturated carbocycles. The summed E-state index contributed by atoms with van der Waals surface area (Å²) >= 11 is 0. The number of hydrogen-bond donors (Lipinski definition) is 1. The van der Waals surface area contributed by atoms with Gasteiger partial charge in [0.05, 0.1) is 19.7 Å². The summed E-state index contributed by atoms with van der Waals surface area (Å²) in [5.41, 5.74) is 5.01. The molecule has 0 radical (unpaired) electrons. The van der Waals surface area contributed by atoms with E-state index in [9.17, 15) is 10.1 Å². The normalized spacial score (nSPS) is 18.5. The maximum atomic E-state index is 12.5. The van der Waals surface area contributed by atoms with E-state index in [1.807, 2.05) is 12.1 Å². The summed E-state index contributed by atoms with van der Waals surface area (Å²) in [6.07, 6.45) is 2.75. The van der Waals surface area contributed by atoms with Crippen molar-refractivity contribution in [1.82, 2.24) is 10.2 Å². The van der Waals surface area contributed by atoms with Crippen LogP contribution in [0.2, 0.25) is 0 Å². The second-order valence-corrected chi connectivity index (χ2v) is 8.42. The van der Waals surface area contributed by atoms with Crippen LogP contribution < -0.4 is 15.0 Å². The summed E-state index contributed by atoms with van der Waals surface area (Å²) in [6.45, 7) is 4.93. The van der Waals surface area contributed by atoms with Gasteiger partial charge in [0, 0.05) is 31.4 Å². The van der Waals surface area contributed by atoms with Crippen molar-refractivity contribution in [3.63, 3.8) is 0 Å². The van der Waals surface area contributed by atoms with Crippen LogP contribution >= 0.6 is 0 Å². The van der Waals surface area contributed by atoms with Crippen molar-refractivity contribution in [2.24, 2.45) is 0 Å². The number of carbonyl (C=O) groups is 1. The molecule has 2 aliphatic heterocycles. The minimum Gasteiger partial charge on any atom is -0.497 e. The minimum atomic E-state index is -0.258. The molecule has 6 nitrogen and oxygen atoms in total. The number of benzene rings is 2. The number of carbonyl (C=O) groups excluding carboxylic acids is 1. The third-order valence-corrected chi connectivity index (χ3v) is 6.32. The third-order valence-electron chi connectivity index (χ3n) is 6.32. The SMILES string of the molecule is COc1ccc(-c2ccc3c(c2)N(CC(C)NCC(=O)N2CCC[C@H]2C#N)CC3)cc1. The smallest absolute Gasteiger partial charge is 0.237 e. The fraction of sp³-hybridized carbons (Fsp3) is 0.440. The predicted octanol–water partition coefficient (Wildman–Crippen LogP) is 3.22. The van der Waals surface area contributed by atoms with Gasteiger partial charge < -0.3 is 19.9 Å². The van der Waals surface area contributed by atoms with Gasteiger partial charge >= 0.3 is 0 Å². The Morgan fingerprint density at radius 3 is 2.74 bits per heavy atom. The van der Waals surface area contributed by atoms with Crippen LogP contribution in [0, 0.1) is 11.3 Å². The highest BCUT2D eigenvalue weighted by atomic mass is 16.5. The van der Waals surface area contributed by atoms with Crippen LogP contribution in [0.15, 0.2) is 42.5 Å². The number of methoxy groups -OCH3 is 1. The molecular formula is C25H30N4O2. The number of fused-ring (bicyclic) bond motifs is 1. The van der Waals surface area contributed by atoms with Crippen molar-refractivity contribution in [3.8, 4) is 22.9 Å². The van der Waals surface area contributed by atoms with Crippen LogP contribution in [0.3, 0.4) is 0 Å². The van der Waals surface area contributed by atoms with Crippen molar-refractivity contribution in [2.75, 3.05) is 38.2 Å². The van der Waals surface area contributed by atoms with Crippen LogP contribution in [0.25, 0.3) is 11.1 Å². The summed E-state index contributed by atoms with van der Waals surface area (Å²) in [5.74, 6) is 0.885. The van der Waals surface area contributed by atoms with Crippen molar-refractivity contribution in [2.45, 2.75) is 38.3 Å². The lowest BCUT2D eigenvalue weighted by molar-refractivity contribution is -0.130. The van der Waals surface area contributed by atoms with Gasteiger partial charge in [-0.15, -0.1) is 0 Å². The van der Waals surface area contributed by atoms with Gasteiger partial charge in [0.1, 0.15) is 11.8 Å². The summed E-state index contributed by atoms with van der Waals surface area (Å²) in [5, 5.41) is 12.6. The summed E-state index contributed by atoms with van der Waals surface area (Å²) < 4.78 is 5.27. The molecule has 2 aromatic rings. The molecule has 1 amide bonds. The van der Waals surface area contributed by atoms with Crippen LogP contribution in [0.5, 0.6) is 5.75 Å². The predicted molar refractivity (Wildman–Crippen MR) is 122 cm³/mol. The van der Waals surface area contributed by atoms with E-state index in [4.69, 9.17) is 4.74 Å². The van der Waals surface area contributed by atoms with E-state index in [2.05, 4.69) is 53.5 Å². The lowest BCUT2D eigenvalue weighted by Gasteiger charge is -2.26. The Morgan fingerprint density at radius 1 is 1.23 bits per heavy atom. The first-order chi connectivity index (χ1) is 15.1. The summed E-state index contributed by atoms with van der Waals surface area (Å²) in [4.78, 5) is 16.6. The number of ether oxygens (including phenoxy) is 1. The zero-order valence-electron chi connectivity index (χ0n) is 18.3. The molecule has 2 atom stereocenters. The van der Waals surface area contributed by atoms with Crippen LogP contribution in [-0.4, -0.2) is 56.2 Å². The number of amides is 1. The average Bonchev–Trinajstić information content (AvgIpc) is 3.44. The molecule has 1 unspecified atom stereocenters. The van der Waals surface area contributed by atoms with Gasteiger partial charge in [0.25, 0.3) is 0 Å². The molecule has 31 heavy (non-hydrogen) atoms. The van der Waals surface area contributed by atoms with Crippen molar-refractivity contribution >= 4 is 11.6 Å². The summed E-state index contributed by atoms with van der Waals surface area (Å²) in [7, 11) is 1.68. The highest BCUT2D eigenvalue weighted by molar-refractivity contribution is 5.79. The van der Waals surface area contributed by atoms with Crippen LogP contribution in [0.4, 0.5) is 5.69 Å². The molecule has 0 bridgehead atoms. The number of likely N-dealkylation sites (tertiary alicyclic amines) is 1. The van der Waals surface area contributed by atoms with Gasteiger partial charge in [-0.05, 0) is 61.1 Å². The molecule has 6 heteroatoms. The Morgan fingerprint density at radius 2 is 2.00 bits per heavy atom. The summed E-state index contributed by atoms with van der Waals surface area (Å²) in [6, 6.07) is 17.0. The molecule has 1 N–H and O–H groups in total. The van der Waals surface area contributed by atoms with Gasteiger partial charge in [-0.25, -0.2) is 0 Å². The maximum absolute atomic E-state index is 12.5. The fourth-order valence-electron chi connectivity index (χ4n) is 4.56. The molecule has 2 aliphatic rings. The van der Waals surface area contributed by atoms with Crippen molar-refractivity contribution < 1.29 is 9.53 Å². The Bertz CT molecular complexity index is 966. The largest absolute Gasteiger partial charge is 0.497 e. The Balaban J connectivity index is 1.37. The molecule has 2 heterocycles. The highest BCUT2D eigenvalue weighted by Gasteiger charge is 2.28. The van der Waals surface area contributed by atoms with Crippen LogP contribution in [0.1, 0.15) is 25.3 Å². The topological polar surface area (TPSA) is 68.6 Å². The number of rotatable bonds is 7. The van der Waals surface area contributed by atoms with E-state index in [1.54, 1.807) is 12.0 Å². The number of nitrogens with zero attached hydrogens (tertiary/aromatic N) is 3. The Hall–Kier alpha value is -3.04. The quantitative estimate of drug-likeness (QED) is 0.748. The molecule has 4 rings (SSSR count). The van der Waals surface area contributed by atoms with E-state index in [-0.39, 0.29) is 24.5 Å². The first-order valence-electron chi connectivity index (χ1n) is 11.0. The highest BCUT2D eigenvalue weighted by Crippen LogP contribution is 2.33. The lowest BCUT2D eigenvalue weighted by atomic mass is 10.0. The molecule has 0 spiro atoms. The van der Waals surface area contributed by atoms with Gasteiger partial charge in [0.2, 0.25) is 5.91 Å². The van der Waals surface area contributed by atoms with E-state index in [0.29, 0.717) is 6.54 Å². The Kier molecular flexibility index (Phi) is 6.43. The molecular weight excluding hydrogens is 388 g/mol. The Labute approximate surface area is 184 Å². The fourth-order valence-corrected chi connectivity index (χ4v) is 4.56. The van der Waals surface area contributed by atoms with E-state index in [1.165, 1.54) is 22.4 Å². The van der Waals surface area contributed by atoms with Crippen molar-refractivity contribution in [3.05, 3.63) is 48.0 Å². The molecule has 162 valence electrons. The third kappa shape index (κ3) is 4.67. The first-order valence-corrected chi connectivity index (χ1v) is 11.0. The van der Waals surface area contributed by atoms with E-state index in [0.717, 1.165) is 38.1 Å². The number of nitriles is 1. The van der Waals surface area contributed by atoms with Gasteiger partial charge in [0.15, 0.2) is 0 Å². The lowest BCUT2D eigenvalue weighted by Crippen LogP contribution is -2.45. The monoisotopic (exact) mass is 418 g/mol.